The molecule has 0 unspecified atom stereocenters. The molecule has 2 N–H and O–H groups in total. The van der Waals surface area contributed by atoms with Gasteiger partial charge in [0.05, 0.1) is 17.3 Å². The first kappa shape index (κ1) is 14.3. The fourth-order valence-electron chi connectivity index (χ4n) is 1.67. The molecule has 0 saturated carbocycles. The molecule has 1 amide bonds. The van der Waals surface area contributed by atoms with Gasteiger partial charge in [0.15, 0.2) is 0 Å². The topological polar surface area (TPSA) is 116 Å². The summed E-state index contributed by atoms with van der Waals surface area (Å²) in [6.45, 7) is 1.53. The normalized spacial score (nSPS) is 11.1. The Bertz CT molecular complexity index is 830. The van der Waals surface area contributed by atoms with Crippen LogP contribution in [0.25, 0.3) is 11.0 Å². The van der Waals surface area contributed by atoms with Gasteiger partial charge < -0.3 is 9.52 Å². The second kappa shape index (κ2) is 5.88. The average molecular weight is 285 g/mol. The lowest BCUT2D eigenvalue weighted by atomic mass is 10.1. The van der Waals surface area contributed by atoms with E-state index in [9.17, 15) is 14.7 Å². The zero-order chi connectivity index (χ0) is 15.4. The number of hydrogen-bond donors (Lipinski definition) is 2. The quantitative estimate of drug-likeness (QED) is 0.500. The lowest BCUT2D eigenvalue weighted by Crippen LogP contribution is -2.20. The number of fused-ring (bicyclic) bond motifs is 1. The molecule has 1 aromatic heterocycles. The molecular formula is C14H11N3O4. The zero-order valence-electron chi connectivity index (χ0n) is 11.1. The first-order chi connectivity index (χ1) is 10.0. The molecule has 21 heavy (non-hydrogen) atoms. The van der Waals surface area contributed by atoms with E-state index in [4.69, 9.17) is 9.68 Å². The van der Waals surface area contributed by atoms with Crippen LogP contribution in [0.15, 0.2) is 38.6 Å². The van der Waals surface area contributed by atoms with Crippen molar-refractivity contribution in [2.45, 2.75) is 13.3 Å². The van der Waals surface area contributed by atoms with Gasteiger partial charge in [-0.25, -0.2) is 10.2 Å². The van der Waals surface area contributed by atoms with E-state index in [1.54, 1.807) is 18.2 Å². The highest BCUT2D eigenvalue weighted by Crippen LogP contribution is 2.19. The number of rotatable bonds is 3. The van der Waals surface area contributed by atoms with Crippen molar-refractivity contribution in [1.82, 2.24) is 5.43 Å². The number of phenolic OH excluding ortho intramolecular Hbond substituents is 1. The second-order valence-electron chi connectivity index (χ2n) is 4.24. The minimum absolute atomic E-state index is 0.00689. The minimum atomic E-state index is -0.635. The highest BCUT2D eigenvalue weighted by molar-refractivity contribution is 6.01. The number of carbonyl (C=O) groups excluding carboxylic acids is 1. The third kappa shape index (κ3) is 3.25. The molecule has 106 valence electrons. The van der Waals surface area contributed by atoms with Crippen LogP contribution in [0.1, 0.15) is 18.9 Å². The van der Waals surface area contributed by atoms with Gasteiger partial charge in [-0.1, -0.05) is 0 Å². The molecule has 2 aromatic rings. The van der Waals surface area contributed by atoms with Gasteiger partial charge in [-0.3, -0.25) is 4.79 Å². The van der Waals surface area contributed by atoms with Crippen molar-refractivity contribution >= 4 is 22.6 Å². The molecule has 1 heterocycles. The van der Waals surface area contributed by atoms with E-state index in [0.717, 1.165) is 0 Å². The van der Waals surface area contributed by atoms with Crippen molar-refractivity contribution in [3.05, 3.63) is 40.2 Å². The number of hydrazone groups is 1. The largest absolute Gasteiger partial charge is 0.508 e. The number of phenols is 1. The molecule has 0 aliphatic heterocycles. The average Bonchev–Trinajstić information content (AvgIpc) is 2.44. The Morgan fingerprint density at radius 3 is 2.95 bits per heavy atom. The maximum Gasteiger partial charge on any atom is 0.345 e. The Morgan fingerprint density at radius 1 is 1.48 bits per heavy atom. The van der Waals surface area contributed by atoms with E-state index in [0.29, 0.717) is 5.39 Å². The highest BCUT2D eigenvalue weighted by atomic mass is 16.4. The van der Waals surface area contributed by atoms with Crippen molar-refractivity contribution in [3.63, 3.8) is 0 Å². The third-order valence-corrected chi connectivity index (χ3v) is 2.70. The molecule has 7 heteroatoms. The molecule has 2 rings (SSSR count). The summed E-state index contributed by atoms with van der Waals surface area (Å²) in [5.74, 6) is -0.570. The number of nitrogens with zero attached hydrogens (tertiary/aromatic N) is 2. The van der Waals surface area contributed by atoms with Crippen LogP contribution in [0.2, 0.25) is 0 Å². The summed E-state index contributed by atoms with van der Waals surface area (Å²) in [5, 5.41) is 22.1. The third-order valence-electron chi connectivity index (χ3n) is 2.70. The van der Waals surface area contributed by atoms with Crippen LogP contribution in [-0.4, -0.2) is 16.7 Å². The Kier molecular flexibility index (Phi) is 4.00. The summed E-state index contributed by atoms with van der Waals surface area (Å²) in [4.78, 5) is 23.0. The van der Waals surface area contributed by atoms with Crippen LogP contribution >= 0.6 is 0 Å². The van der Waals surface area contributed by atoms with E-state index < -0.39 is 11.5 Å². The molecule has 0 spiro atoms. The summed E-state index contributed by atoms with van der Waals surface area (Å²) >= 11 is 0. The van der Waals surface area contributed by atoms with Crippen LogP contribution in [-0.2, 0) is 4.79 Å². The second-order valence-corrected chi connectivity index (χ2v) is 4.24. The van der Waals surface area contributed by atoms with Crippen molar-refractivity contribution in [1.29, 1.82) is 5.26 Å². The molecule has 0 radical (unpaired) electrons. The highest BCUT2D eigenvalue weighted by Gasteiger charge is 2.09. The molecule has 7 nitrogen and oxygen atoms in total. The standard InChI is InChI=1S/C14H11N3O4/c1-8(16-17-13(19)4-5-15)11-6-9-2-3-10(18)7-12(9)21-14(11)20/h2-3,6-7,18H,4H2,1H3,(H,17,19). The number of benzene rings is 1. The van der Waals surface area contributed by atoms with Crippen molar-refractivity contribution in [3.8, 4) is 11.8 Å². The van der Waals surface area contributed by atoms with Crippen LogP contribution in [0, 0.1) is 11.3 Å². The van der Waals surface area contributed by atoms with Gasteiger partial charge in [0.25, 0.3) is 5.91 Å². The number of aromatic hydroxyl groups is 1. The number of nitriles is 1. The summed E-state index contributed by atoms with van der Waals surface area (Å²) in [7, 11) is 0. The minimum Gasteiger partial charge on any atom is -0.508 e. The Balaban J connectivity index is 2.38. The van der Waals surface area contributed by atoms with Gasteiger partial charge in [0.1, 0.15) is 17.8 Å². The first-order valence-corrected chi connectivity index (χ1v) is 5.98. The van der Waals surface area contributed by atoms with E-state index in [-0.39, 0.29) is 29.0 Å². The fraction of sp³-hybridized carbons (Fsp3) is 0.143. The smallest absolute Gasteiger partial charge is 0.345 e. The number of carbonyl (C=O) groups is 1. The van der Waals surface area contributed by atoms with Crippen LogP contribution in [0.5, 0.6) is 5.75 Å². The van der Waals surface area contributed by atoms with Gasteiger partial charge in [0.2, 0.25) is 0 Å². The summed E-state index contributed by atoms with van der Waals surface area (Å²) in [6.07, 6.45) is -0.317. The summed E-state index contributed by atoms with van der Waals surface area (Å²) in [6, 6.07) is 7.63. The van der Waals surface area contributed by atoms with E-state index in [1.807, 2.05) is 0 Å². The molecule has 0 aliphatic rings. The first-order valence-electron chi connectivity index (χ1n) is 5.98. The number of hydrogen-bond acceptors (Lipinski definition) is 6. The van der Waals surface area contributed by atoms with Crippen molar-refractivity contribution in [2.75, 3.05) is 0 Å². The van der Waals surface area contributed by atoms with Gasteiger partial charge >= 0.3 is 5.63 Å². The maximum atomic E-state index is 11.9. The van der Waals surface area contributed by atoms with Gasteiger partial charge in [-0.15, -0.1) is 0 Å². The summed E-state index contributed by atoms with van der Waals surface area (Å²) in [5.41, 5.74) is 2.23. The lowest BCUT2D eigenvalue weighted by molar-refractivity contribution is -0.120. The van der Waals surface area contributed by atoms with Crippen LogP contribution in [0.4, 0.5) is 0 Å². The Labute approximate surface area is 119 Å². The molecule has 0 bridgehead atoms. The number of nitrogens with one attached hydrogen (secondary N) is 1. The van der Waals surface area contributed by atoms with E-state index in [2.05, 4.69) is 10.5 Å². The van der Waals surface area contributed by atoms with E-state index in [1.165, 1.54) is 19.1 Å². The molecule has 0 aliphatic carbocycles. The predicted octanol–water partition coefficient (Wildman–Crippen LogP) is 1.25. The van der Waals surface area contributed by atoms with Crippen LogP contribution in [0.3, 0.4) is 0 Å². The Hall–Kier alpha value is -3.14. The molecule has 0 fully saturated rings. The predicted molar refractivity (Wildman–Crippen MR) is 74.7 cm³/mol. The molecule has 0 saturated heterocycles. The van der Waals surface area contributed by atoms with Crippen molar-refractivity contribution in [2.24, 2.45) is 5.10 Å². The van der Waals surface area contributed by atoms with E-state index >= 15 is 0 Å². The van der Waals surface area contributed by atoms with Gasteiger partial charge in [-0.05, 0) is 25.1 Å². The summed E-state index contributed by atoms with van der Waals surface area (Å²) < 4.78 is 5.09. The maximum absolute atomic E-state index is 11.9. The number of amides is 1. The van der Waals surface area contributed by atoms with Gasteiger partial charge in [-0.2, -0.15) is 10.4 Å². The lowest BCUT2D eigenvalue weighted by Gasteiger charge is -2.03. The molecule has 0 atom stereocenters. The molecular weight excluding hydrogens is 274 g/mol. The SMILES string of the molecule is CC(=NNC(=O)CC#N)c1cc2ccc(O)cc2oc1=O. The Morgan fingerprint density at radius 2 is 2.24 bits per heavy atom. The monoisotopic (exact) mass is 285 g/mol. The van der Waals surface area contributed by atoms with Crippen molar-refractivity contribution < 1.29 is 14.3 Å². The zero-order valence-corrected chi connectivity index (χ0v) is 11.1. The fourth-order valence-corrected chi connectivity index (χ4v) is 1.67. The molecule has 1 aromatic carbocycles. The van der Waals surface area contributed by atoms with Crippen LogP contribution < -0.4 is 11.1 Å². The van der Waals surface area contributed by atoms with Gasteiger partial charge in [0, 0.05) is 11.5 Å².